The van der Waals surface area contributed by atoms with E-state index in [0.29, 0.717) is 0 Å². The molecule has 2 amide bonds. The Bertz CT molecular complexity index is 1420. The molecule has 5 fully saturated rings. The maximum absolute atomic E-state index is 12.5. The molecule has 0 radical (unpaired) electrons. The first-order chi connectivity index (χ1) is 28.7. The minimum Gasteiger partial charge on any atom is -0.394 e. The third-order valence-electron chi connectivity index (χ3n) is 11.1. The molecule has 27 nitrogen and oxygen atoms in total. The highest BCUT2D eigenvalue weighted by Gasteiger charge is 2.56. The van der Waals surface area contributed by atoms with Crippen molar-refractivity contribution >= 4 is 11.8 Å². The van der Waals surface area contributed by atoms with Gasteiger partial charge in [0, 0.05) is 13.8 Å². The van der Waals surface area contributed by atoms with Crippen molar-refractivity contribution < 1.29 is 124 Å². The van der Waals surface area contributed by atoms with Crippen LogP contribution in [0.2, 0.25) is 0 Å². The average molecular weight is 895 g/mol. The molecule has 5 saturated heterocycles. The monoisotopic (exact) mass is 894 g/mol. The summed E-state index contributed by atoms with van der Waals surface area (Å²) < 4.78 is 51.2. The maximum atomic E-state index is 12.5. The lowest BCUT2D eigenvalue weighted by Crippen LogP contribution is -2.69. The first-order valence-corrected chi connectivity index (χ1v) is 19.4. The summed E-state index contributed by atoms with van der Waals surface area (Å²) in [6.45, 7) is 0.00966. The quantitative estimate of drug-likeness (QED) is 0.0770. The van der Waals surface area contributed by atoms with Crippen molar-refractivity contribution in [2.45, 2.75) is 174 Å². The zero-order valence-electron chi connectivity index (χ0n) is 33.0. The highest BCUT2D eigenvalue weighted by Crippen LogP contribution is 2.34. The Hall–Kier alpha value is -1.98. The van der Waals surface area contributed by atoms with Crippen molar-refractivity contribution in [2.75, 3.05) is 26.4 Å². The van der Waals surface area contributed by atoms with Crippen molar-refractivity contribution in [3.8, 4) is 0 Å². The number of aliphatic hydroxyl groups is 14. The van der Waals surface area contributed by atoms with Gasteiger partial charge in [0.25, 0.3) is 0 Å². The molecule has 0 aromatic carbocycles. The fourth-order valence-corrected chi connectivity index (χ4v) is 7.67. The van der Waals surface area contributed by atoms with Gasteiger partial charge in [-0.1, -0.05) is 0 Å². The van der Waals surface area contributed by atoms with Crippen LogP contribution in [0.1, 0.15) is 20.8 Å². The molecular formula is C34H58N2O25. The van der Waals surface area contributed by atoms with E-state index in [1.54, 1.807) is 0 Å². The van der Waals surface area contributed by atoms with Crippen molar-refractivity contribution in [3.63, 3.8) is 0 Å². The second-order valence-electron chi connectivity index (χ2n) is 15.4. The minimum atomic E-state index is -2.15. The van der Waals surface area contributed by atoms with Gasteiger partial charge in [-0.25, -0.2) is 0 Å². The minimum absolute atomic E-state index is 0.742. The second-order valence-corrected chi connectivity index (χ2v) is 15.4. The molecule has 27 heteroatoms. The number of aliphatic hydroxyl groups excluding tert-OH is 14. The number of carbonyl (C=O) groups is 2. The third-order valence-corrected chi connectivity index (χ3v) is 11.1. The largest absolute Gasteiger partial charge is 0.394 e. The predicted molar refractivity (Wildman–Crippen MR) is 188 cm³/mol. The van der Waals surface area contributed by atoms with Gasteiger partial charge in [0.05, 0.1) is 32.5 Å². The molecule has 5 aliphatic rings. The van der Waals surface area contributed by atoms with E-state index in [1.807, 2.05) is 0 Å². The second kappa shape index (κ2) is 21.3. The van der Waals surface area contributed by atoms with Crippen molar-refractivity contribution in [2.24, 2.45) is 0 Å². The number of nitrogens with one attached hydrogen (secondary N) is 2. The Morgan fingerprint density at radius 2 is 0.869 bits per heavy atom. The number of amides is 2. The van der Waals surface area contributed by atoms with Gasteiger partial charge in [-0.3, -0.25) is 9.59 Å². The number of carbonyl (C=O) groups excluding carboxylic acids is 2. The van der Waals surface area contributed by atoms with Gasteiger partial charge in [0.15, 0.2) is 31.5 Å². The zero-order chi connectivity index (χ0) is 45.2. The Morgan fingerprint density at radius 3 is 1.43 bits per heavy atom. The Labute approximate surface area is 346 Å². The van der Waals surface area contributed by atoms with Gasteiger partial charge >= 0.3 is 0 Å². The average Bonchev–Trinajstić information content (AvgIpc) is 3.21. The molecular weight excluding hydrogens is 836 g/mol. The topological polar surface area (TPSA) is 424 Å². The lowest BCUT2D eigenvalue weighted by molar-refractivity contribution is -0.378. The SMILES string of the molecule is CC(=O)N[C@H]1[C@H](OC[C@H]2O[C@@H](O[C@H]3[C@@H](O)[C@@H](CO)OC(O)[C@@H]3NC(C)=O)[C@H](O)[C@@H](O[C@@H]3O[C@H](CO)[C@H](O)[C@H](O)[C@H]3O)[C@H]2O)O[C@H](CO)[C@@H](O)[C@@H]1O[C@@H]1O[C@@H](C)[C@@H](O)[C@@H](O)[C@@H]1O. The van der Waals surface area contributed by atoms with Crippen LogP contribution in [-0.4, -0.2) is 263 Å². The van der Waals surface area contributed by atoms with Crippen LogP contribution >= 0.6 is 0 Å². The Kier molecular flexibility index (Phi) is 17.5. The molecule has 0 aromatic rings. The summed E-state index contributed by atoms with van der Waals surface area (Å²) in [6, 6.07) is -3.12. The highest BCUT2D eigenvalue weighted by atomic mass is 16.8. The molecule has 0 aromatic heterocycles. The molecule has 0 aliphatic carbocycles. The molecule has 5 rings (SSSR count). The first kappa shape index (κ1) is 50.0. The van der Waals surface area contributed by atoms with E-state index < -0.39 is 192 Å². The third kappa shape index (κ3) is 10.9. The van der Waals surface area contributed by atoms with Crippen LogP contribution in [0.3, 0.4) is 0 Å². The molecule has 0 spiro atoms. The van der Waals surface area contributed by atoms with Gasteiger partial charge in [-0.15, -0.1) is 0 Å². The van der Waals surface area contributed by atoms with Crippen molar-refractivity contribution in [3.05, 3.63) is 0 Å². The number of hydrogen-bond acceptors (Lipinski definition) is 25. The number of ether oxygens (including phenoxy) is 9. The first-order valence-electron chi connectivity index (χ1n) is 19.4. The van der Waals surface area contributed by atoms with Crippen LogP contribution in [0, 0.1) is 0 Å². The van der Waals surface area contributed by atoms with E-state index in [1.165, 1.54) is 6.92 Å². The standard InChI is InChI=1S/C34H58N2O25/c1-8-17(42)22(47)24(49)32(54-8)60-28-16(36-10(3)41)31(56-13(6-39)20(28)45)53-7-14-21(46)29(61-33-25(50)23(48)18(43)11(4-37)57-33)26(51)34(58-14)59-27-15(35-9(2)40)30(52)55-12(5-38)19(27)44/h8,11-34,37-39,42-52H,4-7H2,1-3H3,(H,35,40)(H,36,41)/t8-,11+,12+,13+,14+,15+,16+,17+,18-,19-,20+,21-,22+,23-,24-,25+,26+,27+,28+,29-,30?,31+,32-,33-,34-/m0/s1. The highest BCUT2D eigenvalue weighted by molar-refractivity contribution is 5.73. The van der Waals surface area contributed by atoms with Gasteiger partial charge in [-0.2, -0.15) is 0 Å². The summed E-state index contributed by atoms with van der Waals surface area (Å²) in [5.41, 5.74) is 0. The van der Waals surface area contributed by atoms with Crippen LogP contribution in [0.25, 0.3) is 0 Å². The molecule has 5 heterocycles. The summed E-state index contributed by atoms with van der Waals surface area (Å²) in [5, 5.41) is 153. The van der Waals surface area contributed by atoms with Gasteiger partial charge < -0.3 is 125 Å². The summed E-state index contributed by atoms with van der Waals surface area (Å²) in [6.07, 6.45) is -41.0. The molecule has 16 N–H and O–H groups in total. The van der Waals surface area contributed by atoms with E-state index in [4.69, 9.17) is 42.6 Å². The number of rotatable bonds is 14. The molecule has 0 saturated carbocycles. The van der Waals surface area contributed by atoms with Crippen LogP contribution in [0.4, 0.5) is 0 Å². The lowest BCUT2D eigenvalue weighted by Gasteiger charge is -2.49. The van der Waals surface area contributed by atoms with Crippen LogP contribution in [0.5, 0.6) is 0 Å². The molecule has 0 bridgehead atoms. The van der Waals surface area contributed by atoms with E-state index in [-0.39, 0.29) is 0 Å². The normalized spacial score (nSPS) is 49.6. The van der Waals surface area contributed by atoms with E-state index in [9.17, 15) is 81.1 Å². The van der Waals surface area contributed by atoms with Crippen molar-refractivity contribution in [1.82, 2.24) is 10.6 Å². The molecule has 5 aliphatic heterocycles. The maximum Gasteiger partial charge on any atom is 0.217 e. The van der Waals surface area contributed by atoms with Crippen molar-refractivity contribution in [1.29, 1.82) is 0 Å². The molecule has 1 unspecified atom stereocenters. The Balaban J connectivity index is 1.45. The molecule has 25 atom stereocenters. The summed E-state index contributed by atoms with van der Waals surface area (Å²) in [5.74, 6) is -1.49. The van der Waals surface area contributed by atoms with Crippen LogP contribution < -0.4 is 10.6 Å². The molecule has 354 valence electrons. The smallest absolute Gasteiger partial charge is 0.217 e. The van der Waals surface area contributed by atoms with E-state index >= 15 is 0 Å². The fourth-order valence-electron chi connectivity index (χ4n) is 7.67. The summed E-state index contributed by atoms with van der Waals surface area (Å²) >= 11 is 0. The van der Waals surface area contributed by atoms with Crippen LogP contribution in [0.15, 0.2) is 0 Å². The van der Waals surface area contributed by atoms with Gasteiger partial charge in [-0.05, 0) is 6.92 Å². The van der Waals surface area contributed by atoms with Gasteiger partial charge in [0.1, 0.15) is 116 Å². The van der Waals surface area contributed by atoms with Crippen LogP contribution in [-0.2, 0) is 52.2 Å². The number of hydrogen-bond donors (Lipinski definition) is 16. The van der Waals surface area contributed by atoms with E-state index in [2.05, 4.69) is 10.6 Å². The lowest BCUT2D eigenvalue weighted by atomic mass is 9.94. The summed E-state index contributed by atoms with van der Waals surface area (Å²) in [4.78, 5) is 24.5. The zero-order valence-corrected chi connectivity index (χ0v) is 33.0. The predicted octanol–water partition coefficient (Wildman–Crippen LogP) is -10.6. The van der Waals surface area contributed by atoms with Gasteiger partial charge in [0.2, 0.25) is 11.8 Å². The fraction of sp³-hybridized carbons (Fsp3) is 0.941. The molecule has 61 heavy (non-hydrogen) atoms. The van der Waals surface area contributed by atoms with E-state index in [0.717, 1.165) is 13.8 Å². The Morgan fingerprint density at radius 1 is 0.459 bits per heavy atom. The summed E-state index contributed by atoms with van der Waals surface area (Å²) in [7, 11) is 0.